The second-order valence-corrected chi connectivity index (χ2v) is 11.8. The molecule has 0 N–H and O–H groups in total. The fourth-order valence-electron chi connectivity index (χ4n) is 4.51. The summed E-state index contributed by atoms with van der Waals surface area (Å²) in [7, 11) is -3.46. The number of rotatable bonds is 8. The van der Waals surface area contributed by atoms with E-state index in [-0.39, 0.29) is 0 Å². The van der Waals surface area contributed by atoms with E-state index in [2.05, 4.69) is 22.1 Å². The van der Waals surface area contributed by atoms with Crippen molar-refractivity contribution in [3.63, 3.8) is 0 Å². The zero-order valence-electron chi connectivity index (χ0n) is 20.9. The van der Waals surface area contributed by atoms with Crippen LogP contribution < -0.4 is 9.54 Å². The fourth-order valence-corrected chi connectivity index (χ4v) is 6.96. The number of hydrogen-bond acceptors (Lipinski definition) is 5. The minimum absolute atomic E-state index is 0.349. The first-order valence-corrected chi connectivity index (χ1v) is 15.0. The molecule has 192 valence electrons. The Morgan fingerprint density at radius 3 is 2.27 bits per heavy atom. The molecular formula is C29H31N3O3S2. The van der Waals surface area contributed by atoms with Gasteiger partial charge < -0.3 is 9.30 Å². The van der Waals surface area contributed by atoms with E-state index in [1.54, 1.807) is 27.8 Å². The van der Waals surface area contributed by atoms with E-state index in [1.165, 1.54) is 5.56 Å². The van der Waals surface area contributed by atoms with Crippen molar-refractivity contribution in [2.45, 2.75) is 37.6 Å². The molecule has 0 bridgehead atoms. The number of hydrogen-bond donors (Lipinski definition) is 0. The highest BCUT2D eigenvalue weighted by Gasteiger charge is 2.25. The smallest absolute Gasteiger partial charge is 0.243 e. The minimum Gasteiger partial charge on any atom is -0.494 e. The SMILES string of the molecule is CCOc1ccc(N=c2scc(-c3ccc(S(=O)(=O)N4CCCCC4)cc3)n2Cc2ccccc2)cc1. The molecular weight excluding hydrogens is 502 g/mol. The molecule has 1 fully saturated rings. The maximum atomic E-state index is 13.1. The lowest BCUT2D eigenvalue weighted by molar-refractivity contribution is 0.340. The van der Waals surface area contributed by atoms with Gasteiger partial charge in [-0.3, -0.25) is 0 Å². The molecule has 3 aromatic carbocycles. The average molecular weight is 534 g/mol. The highest BCUT2D eigenvalue weighted by Crippen LogP contribution is 2.26. The van der Waals surface area contributed by atoms with Crippen LogP contribution in [-0.4, -0.2) is 37.0 Å². The maximum Gasteiger partial charge on any atom is 0.243 e. The molecule has 37 heavy (non-hydrogen) atoms. The van der Waals surface area contributed by atoms with Crippen molar-refractivity contribution in [2.75, 3.05) is 19.7 Å². The van der Waals surface area contributed by atoms with Gasteiger partial charge >= 0.3 is 0 Å². The van der Waals surface area contributed by atoms with Gasteiger partial charge in [-0.1, -0.05) is 48.9 Å². The van der Waals surface area contributed by atoms with Crippen molar-refractivity contribution in [1.29, 1.82) is 0 Å². The highest BCUT2D eigenvalue weighted by atomic mass is 32.2. The van der Waals surface area contributed by atoms with Gasteiger partial charge in [0.2, 0.25) is 10.0 Å². The second-order valence-electron chi connectivity index (χ2n) is 9.00. The molecule has 1 aliphatic rings. The molecule has 0 atom stereocenters. The maximum absolute atomic E-state index is 13.1. The molecule has 8 heteroatoms. The summed E-state index contributed by atoms with van der Waals surface area (Å²) in [4.78, 5) is 6.14. The van der Waals surface area contributed by atoms with Gasteiger partial charge in [0.1, 0.15) is 5.75 Å². The molecule has 0 amide bonds. The molecule has 1 aliphatic heterocycles. The summed E-state index contributed by atoms with van der Waals surface area (Å²) < 4.78 is 35.6. The Balaban J connectivity index is 1.50. The number of aromatic nitrogens is 1. The molecule has 4 aromatic rings. The van der Waals surface area contributed by atoms with Gasteiger partial charge in [-0.25, -0.2) is 13.4 Å². The predicted molar refractivity (Wildman–Crippen MR) is 149 cm³/mol. The van der Waals surface area contributed by atoms with E-state index in [4.69, 9.17) is 9.73 Å². The Morgan fingerprint density at radius 1 is 0.892 bits per heavy atom. The molecule has 0 unspecified atom stereocenters. The third kappa shape index (κ3) is 5.87. The molecule has 5 rings (SSSR count). The summed E-state index contributed by atoms with van der Waals surface area (Å²) in [5.74, 6) is 0.824. The molecule has 0 radical (unpaired) electrons. The van der Waals surface area contributed by atoms with Crippen molar-refractivity contribution >= 4 is 27.0 Å². The predicted octanol–water partition coefficient (Wildman–Crippen LogP) is 6.07. The second kappa shape index (κ2) is 11.5. The molecule has 1 saturated heterocycles. The van der Waals surface area contributed by atoms with Crippen molar-refractivity contribution in [3.8, 4) is 17.0 Å². The first kappa shape index (κ1) is 25.4. The Kier molecular flexibility index (Phi) is 7.88. The van der Waals surface area contributed by atoms with Crippen LogP contribution in [-0.2, 0) is 16.6 Å². The number of piperidine rings is 1. The summed E-state index contributed by atoms with van der Waals surface area (Å²) in [6, 6.07) is 25.3. The molecule has 0 aliphatic carbocycles. The fraction of sp³-hybridized carbons (Fsp3) is 0.276. The molecule has 1 aromatic heterocycles. The molecule has 0 saturated carbocycles. The minimum atomic E-state index is -3.46. The van der Waals surface area contributed by atoms with Crippen molar-refractivity contribution in [1.82, 2.24) is 8.87 Å². The molecule has 6 nitrogen and oxygen atoms in total. The van der Waals surface area contributed by atoms with Gasteiger partial charge in [-0.15, -0.1) is 11.3 Å². The van der Waals surface area contributed by atoms with Crippen molar-refractivity contribution < 1.29 is 13.2 Å². The monoisotopic (exact) mass is 533 g/mol. The topological polar surface area (TPSA) is 63.9 Å². The number of benzene rings is 3. The van der Waals surface area contributed by atoms with E-state index < -0.39 is 10.0 Å². The Bertz CT molecular complexity index is 1480. The lowest BCUT2D eigenvalue weighted by atomic mass is 10.1. The largest absolute Gasteiger partial charge is 0.494 e. The Labute approximate surface area is 222 Å². The van der Waals surface area contributed by atoms with Gasteiger partial charge in [-0.2, -0.15) is 4.31 Å². The van der Waals surface area contributed by atoms with Crippen LogP contribution in [0.1, 0.15) is 31.7 Å². The van der Waals surface area contributed by atoms with Crippen LogP contribution in [0.3, 0.4) is 0 Å². The van der Waals surface area contributed by atoms with Gasteiger partial charge in [-0.05, 0) is 67.3 Å². The van der Waals surface area contributed by atoms with Gasteiger partial charge in [0.25, 0.3) is 0 Å². The number of thiazole rings is 1. The zero-order chi connectivity index (χ0) is 25.7. The molecule has 0 spiro atoms. The molecule has 2 heterocycles. The zero-order valence-corrected chi connectivity index (χ0v) is 22.5. The Morgan fingerprint density at radius 2 is 1.59 bits per heavy atom. The number of ether oxygens (including phenoxy) is 1. The van der Waals surface area contributed by atoms with Crippen LogP contribution in [0.25, 0.3) is 11.3 Å². The van der Waals surface area contributed by atoms with Crippen LogP contribution in [0, 0.1) is 0 Å². The normalized spacial score (nSPS) is 15.1. The number of sulfonamides is 1. The van der Waals surface area contributed by atoms with Crippen molar-refractivity contribution in [2.24, 2.45) is 4.99 Å². The van der Waals surface area contributed by atoms with E-state index in [1.807, 2.05) is 61.5 Å². The van der Waals surface area contributed by atoms with Crippen LogP contribution in [0.2, 0.25) is 0 Å². The third-order valence-electron chi connectivity index (χ3n) is 6.46. The van der Waals surface area contributed by atoms with E-state index in [9.17, 15) is 8.42 Å². The lowest BCUT2D eigenvalue weighted by Gasteiger charge is -2.25. The van der Waals surface area contributed by atoms with Crippen LogP contribution in [0.5, 0.6) is 5.75 Å². The first-order chi connectivity index (χ1) is 18.0. The highest BCUT2D eigenvalue weighted by molar-refractivity contribution is 7.89. The standard InChI is InChI=1S/C29H31N3O3S2/c1-2-35-26-15-13-25(14-16-26)30-29-32(21-23-9-5-3-6-10-23)28(22-36-29)24-11-17-27(18-12-24)37(33,34)31-19-7-4-8-20-31/h3,5-6,9-18,22H,2,4,7-8,19-21H2,1H3. The summed E-state index contributed by atoms with van der Waals surface area (Å²) in [6.45, 7) is 4.45. The van der Waals surface area contributed by atoms with Gasteiger partial charge in [0.05, 0.1) is 29.4 Å². The van der Waals surface area contributed by atoms with Crippen LogP contribution >= 0.6 is 11.3 Å². The van der Waals surface area contributed by atoms with Crippen LogP contribution in [0.15, 0.2) is 94.1 Å². The van der Waals surface area contributed by atoms with E-state index in [0.29, 0.717) is 31.1 Å². The third-order valence-corrected chi connectivity index (χ3v) is 9.23. The average Bonchev–Trinajstić information content (AvgIpc) is 3.32. The lowest BCUT2D eigenvalue weighted by Crippen LogP contribution is -2.35. The quantitative estimate of drug-likeness (QED) is 0.276. The van der Waals surface area contributed by atoms with Crippen molar-refractivity contribution in [3.05, 3.63) is 94.6 Å². The first-order valence-electron chi connectivity index (χ1n) is 12.6. The van der Waals surface area contributed by atoms with Gasteiger partial charge in [0.15, 0.2) is 4.80 Å². The summed E-state index contributed by atoms with van der Waals surface area (Å²) in [6.07, 6.45) is 2.94. The van der Waals surface area contributed by atoms with E-state index >= 15 is 0 Å². The summed E-state index contributed by atoms with van der Waals surface area (Å²) >= 11 is 1.57. The number of nitrogens with zero attached hydrogens (tertiary/aromatic N) is 3. The summed E-state index contributed by atoms with van der Waals surface area (Å²) in [5.41, 5.74) is 3.97. The van der Waals surface area contributed by atoms with Crippen LogP contribution in [0.4, 0.5) is 5.69 Å². The Hall–Kier alpha value is -3.20. The van der Waals surface area contributed by atoms with Gasteiger partial charge in [0, 0.05) is 18.5 Å². The summed E-state index contributed by atoms with van der Waals surface area (Å²) in [5, 5.41) is 2.09. The van der Waals surface area contributed by atoms with E-state index in [0.717, 1.165) is 46.8 Å².